The van der Waals surface area contributed by atoms with Gasteiger partial charge in [-0.05, 0) is 6.92 Å². The van der Waals surface area contributed by atoms with Crippen LogP contribution in [-0.2, 0) is 4.79 Å². The minimum Gasteiger partial charge on any atom is -0.478 e. The first-order valence-electron chi connectivity index (χ1n) is 2.47. The third-order valence-corrected chi connectivity index (χ3v) is 0.731. The maximum Gasteiger partial charge on any atom is 0.328 e. The first-order chi connectivity index (χ1) is 4.16. The quantitative estimate of drug-likeness (QED) is 0.555. The predicted octanol–water partition coefficient (Wildman–Crippen LogP) is 0.787. The zero-order chi connectivity index (χ0) is 7.28. The maximum atomic E-state index is 9.82. The zero-order valence-corrected chi connectivity index (χ0v) is 5.03. The average molecular weight is 125 g/mol. The molecule has 0 aromatic rings. The van der Waals surface area contributed by atoms with Crippen molar-refractivity contribution in [1.82, 2.24) is 0 Å². The number of carbonyl (C=O) groups is 1. The molecule has 0 aromatic carbocycles. The molecular weight excluding hydrogens is 118 g/mol. The topological polar surface area (TPSA) is 61.1 Å². The van der Waals surface area contributed by atoms with Crippen LogP contribution in [-0.4, -0.2) is 11.1 Å². The van der Waals surface area contributed by atoms with Gasteiger partial charge in [-0.2, -0.15) is 5.26 Å². The Morgan fingerprint density at radius 3 is 2.78 bits per heavy atom. The van der Waals surface area contributed by atoms with Crippen molar-refractivity contribution in [2.45, 2.75) is 6.92 Å². The van der Waals surface area contributed by atoms with E-state index in [4.69, 9.17) is 10.4 Å². The van der Waals surface area contributed by atoms with E-state index in [0.717, 1.165) is 6.08 Å². The van der Waals surface area contributed by atoms with Gasteiger partial charge in [0.05, 0.1) is 12.0 Å². The van der Waals surface area contributed by atoms with Crippen LogP contribution < -0.4 is 0 Å². The highest BCUT2D eigenvalue weighted by atomic mass is 16.4. The van der Waals surface area contributed by atoms with Crippen molar-refractivity contribution < 1.29 is 9.90 Å². The van der Waals surface area contributed by atoms with E-state index in [-0.39, 0.29) is 5.92 Å². The Morgan fingerprint density at radius 2 is 2.44 bits per heavy atom. The van der Waals surface area contributed by atoms with Crippen LogP contribution in [0.5, 0.6) is 0 Å². The molecule has 1 atom stereocenters. The Hall–Kier alpha value is -1.30. The minimum absolute atomic E-state index is 0.318. The summed E-state index contributed by atoms with van der Waals surface area (Å²) in [6, 6.07) is 1.87. The van der Waals surface area contributed by atoms with E-state index < -0.39 is 5.97 Å². The van der Waals surface area contributed by atoms with Crippen molar-refractivity contribution in [3.63, 3.8) is 0 Å². The van der Waals surface area contributed by atoms with Crippen LogP contribution in [0.25, 0.3) is 0 Å². The van der Waals surface area contributed by atoms with Crippen LogP contribution in [0, 0.1) is 17.2 Å². The summed E-state index contributed by atoms with van der Waals surface area (Å²) in [7, 11) is 0. The molecule has 0 spiro atoms. The summed E-state index contributed by atoms with van der Waals surface area (Å²) in [6.07, 6.45) is 2.30. The highest BCUT2D eigenvalue weighted by Gasteiger charge is 1.91. The molecule has 0 aliphatic carbocycles. The molecule has 1 N–H and O–H groups in total. The van der Waals surface area contributed by atoms with Gasteiger partial charge in [0.25, 0.3) is 0 Å². The highest BCUT2D eigenvalue weighted by Crippen LogP contribution is 1.92. The summed E-state index contributed by atoms with van der Waals surface area (Å²) in [5, 5.41) is 16.2. The lowest BCUT2D eigenvalue weighted by molar-refractivity contribution is -0.131. The van der Waals surface area contributed by atoms with Crippen LogP contribution in [0.15, 0.2) is 12.2 Å². The lowest BCUT2D eigenvalue weighted by Crippen LogP contribution is -1.89. The van der Waals surface area contributed by atoms with Crippen LogP contribution in [0.3, 0.4) is 0 Å². The fourth-order valence-corrected chi connectivity index (χ4v) is 0.270. The van der Waals surface area contributed by atoms with Crippen LogP contribution in [0.2, 0.25) is 0 Å². The second-order valence-corrected chi connectivity index (χ2v) is 1.62. The number of carboxylic acids is 1. The molecular formula is C6H7NO2. The number of carboxylic acid groups (broad SMARTS) is 1. The molecule has 1 unspecified atom stereocenters. The van der Waals surface area contributed by atoms with Gasteiger partial charge in [-0.15, -0.1) is 0 Å². The summed E-state index contributed by atoms with van der Waals surface area (Å²) in [4.78, 5) is 9.82. The molecule has 0 amide bonds. The first-order valence-corrected chi connectivity index (χ1v) is 2.47. The van der Waals surface area contributed by atoms with E-state index in [1.54, 1.807) is 6.92 Å². The van der Waals surface area contributed by atoms with E-state index in [2.05, 4.69) is 0 Å². The Balaban J connectivity index is 3.74. The van der Waals surface area contributed by atoms with Gasteiger partial charge in [0.2, 0.25) is 0 Å². The lowest BCUT2D eigenvalue weighted by Gasteiger charge is -1.85. The SMILES string of the molecule is CC(C#N)/C=C/C(=O)O. The van der Waals surface area contributed by atoms with Gasteiger partial charge in [0.1, 0.15) is 0 Å². The molecule has 0 fully saturated rings. The number of hydrogen-bond donors (Lipinski definition) is 1. The highest BCUT2D eigenvalue weighted by molar-refractivity contribution is 5.79. The Labute approximate surface area is 53.2 Å². The molecule has 0 rings (SSSR count). The van der Waals surface area contributed by atoms with E-state index in [0.29, 0.717) is 0 Å². The molecule has 0 radical (unpaired) electrons. The Bertz CT molecular complexity index is 166. The molecule has 3 heteroatoms. The summed E-state index contributed by atoms with van der Waals surface area (Å²) < 4.78 is 0. The van der Waals surface area contributed by atoms with E-state index >= 15 is 0 Å². The first kappa shape index (κ1) is 7.70. The molecule has 0 saturated heterocycles. The third kappa shape index (κ3) is 4.56. The van der Waals surface area contributed by atoms with Crippen molar-refractivity contribution in [1.29, 1.82) is 5.26 Å². The normalized spacial score (nSPS) is 12.9. The second-order valence-electron chi connectivity index (χ2n) is 1.62. The molecule has 0 bridgehead atoms. The van der Waals surface area contributed by atoms with Gasteiger partial charge in [-0.25, -0.2) is 4.79 Å². The number of nitrogens with zero attached hydrogens (tertiary/aromatic N) is 1. The molecule has 9 heavy (non-hydrogen) atoms. The van der Waals surface area contributed by atoms with Gasteiger partial charge in [0, 0.05) is 6.08 Å². The number of rotatable bonds is 2. The van der Waals surface area contributed by atoms with Crippen LogP contribution in [0.1, 0.15) is 6.92 Å². The monoisotopic (exact) mass is 125 g/mol. The molecule has 0 aliphatic heterocycles. The second kappa shape index (κ2) is 3.67. The van der Waals surface area contributed by atoms with Crippen molar-refractivity contribution in [2.75, 3.05) is 0 Å². The van der Waals surface area contributed by atoms with Crippen molar-refractivity contribution in [2.24, 2.45) is 5.92 Å². The maximum absolute atomic E-state index is 9.82. The number of hydrogen-bond acceptors (Lipinski definition) is 2. The Kier molecular flexibility index (Phi) is 3.14. The number of allylic oxidation sites excluding steroid dienone is 1. The number of nitriles is 1. The zero-order valence-electron chi connectivity index (χ0n) is 5.03. The summed E-state index contributed by atoms with van der Waals surface area (Å²) >= 11 is 0. The molecule has 0 saturated carbocycles. The fraction of sp³-hybridized carbons (Fsp3) is 0.333. The summed E-state index contributed by atoms with van der Waals surface area (Å²) in [6.45, 7) is 1.62. The Morgan fingerprint density at radius 1 is 1.89 bits per heavy atom. The molecule has 3 nitrogen and oxygen atoms in total. The summed E-state index contributed by atoms with van der Waals surface area (Å²) in [5.74, 6) is -1.33. The van der Waals surface area contributed by atoms with Gasteiger partial charge in [-0.3, -0.25) is 0 Å². The van der Waals surface area contributed by atoms with Gasteiger partial charge in [0.15, 0.2) is 0 Å². The van der Waals surface area contributed by atoms with E-state index in [1.807, 2.05) is 6.07 Å². The standard InChI is InChI=1S/C6H7NO2/c1-5(4-7)2-3-6(8)9/h2-3,5H,1H3,(H,8,9)/b3-2+. The predicted molar refractivity (Wildman–Crippen MR) is 31.6 cm³/mol. The molecule has 0 heterocycles. The minimum atomic E-state index is -1.02. The largest absolute Gasteiger partial charge is 0.478 e. The molecule has 0 aromatic heterocycles. The third-order valence-electron chi connectivity index (χ3n) is 0.731. The van der Waals surface area contributed by atoms with E-state index in [9.17, 15) is 4.79 Å². The van der Waals surface area contributed by atoms with Crippen LogP contribution in [0.4, 0.5) is 0 Å². The fourth-order valence-electron chi connectivity index (χ4n) is 0.270. The lowest BCUT2D eigenvalue weighted by atomic mass is 10.2. The van der Waals surface area contributed by atoms with E-state index in [1.165, 1.54) is 6.08 Å². The smallest absolute Gasteiger partial charge is 0.328 e. The van der Waals surface area contributed by atoms with Gasteiger partial charge in [-0.1, -0.05) is 6.08 Å². The summed E-state index contributed by atoms with van der Waals surface area (Å²) in [5.41, 5.74) is 0. The van der Waals surface area contributed by atoms with Crippen molar-refractivity contribution >= 4 is 5.97 Å². The molecule has 0 aliphatic rings. The average Bonchev–Trinajstić information content (AvgIpc) is 1.83. The molecule has 48 valence electrons. The van der Waals surface area contributed by atoms with Crippen molar-refractivity contribution in [3.05, 3.63) is 12.2 Å². The van der Waals surface area contributed by atoms with Crippen molar-refractivity contribution in [3.8, 4) is 6.07 Å². The van der Waals surface area contributed by atoms with Crippen LogP contribution >= 0.6 is 0 Å². The van der Waals surface area contributed by atoms with Gasteiger partial charge < -0.3 is 5.11 Å². The number of aliphatic carboxylic acids is 1. The van der Waals surface area contributed by atoms with Gasteiger partial charge >= 0.3 is 5.97 Å².